The molecule has 0 aromatic heterocycles. The molecule has 114 valence electrons. The molecule has 0 heterocycles. The van der Waals surface area contributed by atoms with Gasteiger partial charge in [-0.1, -0.05) is 49.8 Å². The quantitative estimate of drug-likeness (QED) is 0.450. The van der Waals surface area contributed by atoms with E-state index in [-0.39, 0.29) is 11.6 Å². The van der Waals surface area contributed by atoms with Crippen molar-refractivity contribution in [3.63, 3.8) is 0 Å². The minimum absolute atomic E-state index is 0.0891. The normalized spacial score (nSPS) is 14.4. The molecule has 1 unspecified atom stereocenters. The third-order valence-corrected chi connectivity index (χ3v) is 2.70. The summed E-state index contributed by atoms with van der Waals surface area (Å²) in [5, 5.41) is 0. The van der Waals surface area contributed by atoms with E-state index in [0.717, 1.165) is 19.3 Å². The summed E-state index contributed by atoms with van der Waals surface area (Å²) in [6.07, 6.45) is 15.7. The molecular weight excluding hydrogens is 248 g/mol. The fourth-order valence-corrected chi connectivity index (χ4v) is 1.92. The second kappa shape index (κ2) is 10.5. The van der Waals surface area contributed by atoms with Crippen LogP contribution in [0.4, 0.5) is 0 Å². The SMILES string of the molecule is C/C=C/C=C/C=C/CC(CCC)CC(=O)OC(C)(C)C. The topological polar surface area (TPSA) is 26.3 Å². The van der Waals surface area contributed by atoms with Crippen LogP contribution in [-0.2, 0) is 9.53 Å². The van der Waals surface area contributed by atoms with E-state index in [4.69, 9.17) is 4.74 Å². The van der Waals surface area contributed by atoms with Crippen molar-refractivity contribution in [2.75, 3.05) is 0 Å². The number of carbonyl (C=O) groups excluding carboxylic acids is 1. The Morgan fingerprint density at radius 2 is 1.80 bits per heavy atom. The summed E-state index contributed by atoms with van der Waals surface area (Å²) in [6.45, 7) is 9.87. The summed E-state index contributed by atoms with van der Waals surface area (Å²) >= 11 is 0. The molecule has 2 heteroatoms. The highest BCUT2D eigenvalue weighted by Crippen LogP contribution is 2.19. The van der Waals surface area contributed by atoms with Gasteiger partial charge in [0.25, 0.3) is 0 Å². The number of carbonyl (C=O) groups is 1. The Morgan fingerprint density at radius 3 is 2.35 bits per heavy atom. The Kier molecular flexibility index (Phi) is 9.79. The number of ether oxygens (including phenoxy) is 1. The van der Waals surface area contributed by atoms with E-state index in [0.29, 0.717) is 12.3 Å². The van der Waals surface area contributed by atoms with Crippen molar-refractivity contribution in [3.8, 4) is 0 Å². The van der Waals surface area contributed by atoms with Crippen LogP contribution in [0.3, 0.4) is 0 Å². The van der Waals surface area contributed by atoms with E-state index < -0.39 is 0 Å². The van der Waals surface area contributed by atoms with Gasteiger partial charge in [-0.2, -0.15) is 0 Å². The average molecular weight is 278 g/mol. The molecule has 0 aromatic rings. The second-order valence-corrected chi connectivity index (χ2v) is 6.02. The summed E-state index contributed by atoms with van der Waals surface area (Å²) < 4.78 is 5.39. The Bertz CT molecular complexity index is 343. The highest BCUT2D eigenvalue weighted by atomic mass is 16.6. The standard InChI is InChI=1S/C18H30O2/c1-6-8-9-10-11-12-14-16(13-7-2)15-17(19)20-18(3,4)5/h6,8-12,16H,7,13-15H2,1-5H3/b8-6+,10-9+,12-11+. The maximum atomic E-state index is 11.8. The van der Waals surface area contributed by atoms with E-state index >= 15 is 0 Å². The molecule has 0 saturated carbocycles. The van der Waals surface area contributed by atoms with E-state index in [2.05, 4.69) is 13.0 Å². The van der Waals surface area contributed by atoms with Crippen molar-refractivity contribution in [3.05, 3.63) is 36.5 Å². The van der Waals surface area contributed by atoms with Crippen LogP contribution in [0.5, 0.6) is 0 Å². The third-order valence-electron chi connectivity index (χ3n) is 2.70. The molecule has 2 nitrogen and oxygen atoms in total. The van der Waals surface area contributed by atoms with Crippen LogP contribution in [-0.4, -0.2) is 11.6 Å². The predicted molar refractivity (Wildman–Crippen MR) is 86.6 cm³/mol. The summed E-state index contributed by atoms with van der Waals surface area (Å²) in [5.41, 5.74) is -0.390. The molecule has 0 saturated heterocycles. The molecule has 0 amide bonds. The van der Waals surface area contributed by atoms with Gasteiger partial charge in [0.15, 0.2) is 0 Å². The van der Waals surface area contributed by atoms with Gasteiger partial charge in [0, 0.05) is 6.42 Å². The monoisotopic (exact) mass is 278 g/mol. The van der Waals surface area contributed by atoms with E-state index in [1.54, 1.807) is 0 Å². The molecular formula is C18H30O2. The first-order valence-corrected chi connectivity index (χ1v) is 7.55. The third kappa shape index (κ3) is 11.8. The highest BCUT2D eigenvalue weighted by molar-refractivity contribution is 5.70. The van der Waals surface area contributed by atoms with Crippen molar-refractivity contribution in [1.82, 2.24) is 0 Å². The van der Waals surface area contributed by atoms with E-state index in [1.807, 2.05) is 58.1 Å². The van der Waals surface area contributed by atoms with Crippen molar-refractivity contribution in [2.45, 2.75) is 65.9 Å². The lowest BCUT2D eigenvalue weighted by Crippen LogP contribution is -2.25. The van der Waals surface area contributed by atoms with Gasteiger partial charge in [-0.25, -0.2) is 0 Å². The molecule has 1 atom stereocenters. The van der Waals surface area contributed by atoms with Crippen LogP contribution >= 0.6 is 0 Å². The maximum Gasteiger partial charge on any atom is 0.306 e. The molecule has 0 radical (unpaired) electrons. The number of allylic oxidation sites excluding steroid dienone is 6. The van der Waals surface area contributed by atoms with Crippen molar-refractivity contribution >= 4 is 5.97 Å². The minimum Gasteiger partial charge on any atom is -0.460 e. The molecule has 0 aliphatic carbocycles. The second-order valence-electron chi connectivity index (χ2n) is 6.02. The van der Waals surface area contributed by atoms with Gasteiger partial charge in [-0.05, 0) is 46.5 Å². The zero-order chi connectivity index (χ0) is 15.4. The molecule has 0 bridgehead atoms. The van der Waals surface area contributed by atoms with Crippen LogP contribution < -0.4 is 0 Å². The predicted octanol–water partition coefficient (Wildman–Crippen LogP) is 5.21. The lowest BCUT2D eigenvalue weighted by molar-refractivity contribution is -0.156. The fraction of sp³-hybridized carbons (Fsp3) is 0.611. The number of rotatable bonds is 8. The fourth-order valence-electron chi connectivity index (χ4n) is 1.92. The first-order valence-electron chi connectivity index (χ1n) is 7.55. The summed E-state index contributed by atoms with van der Waals surface area (Å²) in [4.78, 5) is 11.8. The van der Waals surface area contributed by atoms with Crippen LogP contribution in [0, 0.1) is 5.92 Å². The van der Waals surface area contributed by atoms with Crippen LogP contribution in [0.1, 0.15) is 60.3 Å². The number of esters is 1. The maximum absolute atomic E-state index is 11.8. The van der Waals surface area contributed by atoms with Crippen LogP contribution in [0.25, 0.3) is 0 Å². The van der Waals surface area contributed by atoms with Crippen molar-refractivity contribution in [1.29, 1.82) is 0 Å². The average Bonchev–Trinajstić information content (AvgIpc) is 2.31. The number of hydrogen-bond donors (Lipinski definition) is 0. The summed E-state index contributed by atoms with van der Waals surface area (Å²) in [6, 6.07) is 0. The van der Waals surface area contributed by atoms with Crippen LogP contribution in [0.2, 0.25) is 0 Å². The molecule has 0 aliphatic rings. The minimum atomic E-state index is -0.390. The zero-order valence-electron chi connectivity index (χ0n) is 13.7. The smallest absolute Gasteiger partial charge is 0.306 e. The Morgan fingerprint density at radius 1 is 1.15 bits per heavy atom. The van der Waals surface area contributed by atoms with Gasteiger partial charge in [0.1, 0.15) is 5.60 Å². The Hall–Kier alpha value is -1.31. The molecule has 20 heavy (non-hydrogen) atoms. The van der Waals surface area contributed by atoms with E-state index in [1.165, 1.54) is 0 Å². The van der Waals surface area contributed by atoms with Gasteiger partial charge in [0.2, 0.25) is 0 Å². The van der Waals surface area contributed by atoms with Gasteiger partial charge in [0.05, 0.1) is 0 Å². The first-order chi connectivity index (χ1) is 9.39. The number of hydrogen-bond acceptors (Lipinski definition) is 2. The molecule has 0 aliphatic heterocycles. The van der Waals surface area contributed by atoms with Gasteiger partial charge >= 0.3 is 5.97 Å². The summed E-state index contributed by atoms with van der Waals surface area (Å²) in [5.74, 6) is 0.287. The van der Waals surface area contributed by atoms with Crippen LogP contribution in [0.15, 0.2) is 36.5 Å². The van der Waals surface area contributed by atoms with Gasteiger partial charge < -0.3 is 4.74 Å². The van der Waals surface area contributed by atoms with Gasteiger partial charge in [-0.3, -0.25) is 4.79 Å². The molecule has 0 fully saturated rings. The van der Waals surface area contributed by atoms with Crippen molar-refractivity contribution < 1.29 is 9.53 Å². The van der Waals surface area contributed by atoms with E-state index in [9.17, 15) is 4.79 Å². The summed E-state index contributed by atoms with van der Waals surface area (Å²) in [7, 11) is 0. The highest BCUT2D eigenvalue weighted by Gasteiger charge is 2.19. The molecule has 0 aromatic carbocycles. The largest absolute Gasteiger partial charge is 0.460 e. The molecule has 0 rings (SSSR count). The van der Waals surface area contributed by atoms with Crippen molar-refractivity contribution in [2.24, 2.45) is 5.92 Å². The lowest BCUT2D eigenvalue weighted by Gasteiger charge is -2.21. The lowest BCUT2D eigenvalue weighted by atomic mass is 9.96. The molecule has 0 N–H and O–H groups in total. The molecule has 0 spiro atoms. The first kappa shape index (κ1) is 18.7. The Balaban J connectivity index is 4.25. The zero-order valence-corrected chi connectivity index (χ0v) is 13.7. The van der Waals surface area contributed by atoms with Gasteiger partial charge in [-0.15, -0.1) is 0 Å². The Labute approximate surface area is 124 Å².